The van der Waals surface area contributed by atoms with Crippen molar-refractivity contribution in [3.05, 3.63) is 12.4 Å². The van der Waals surface area contributed by atoms with Gasteiger partial charge in [-0.05, 0) is 18.9 Å². The third-order valence-corrected chi connectivity index (χ3v) is 2.00. The van der Waals surface area contributed by atoms with Crippen LogP contribution in [0.2, 0.25) is 0 Å². The molecule has 0 aliphatic rings. The number of rotatable bonds is 5. The van der Waals surface area contributed by atoms with Gasteiger partial charge in [-0.1, -0.05) is 6.92 Å². The summed E-state index contributed by atoms with van der Waals surface area (Å²) in [5.41, 5.74) is 5.44. The van der Waals surface area contributed by atoms with Crippen molar-refractivity contribution in [3.63, 3.8) is 0 Å². The van der Waals surface area contributed by atoms with E-state index in [2.05, 4.69) is 20.5 Å². The van der Waals surface area contributed by atoms with Gasteiger partial charge in [0.15, 0.2) is 0 Å². The van der Waals surface area contributed by atoms with E-state index in [1.807, 2.05) is 6.92 Å². The molecule has 0 saturated heterocycles. The topological polar surface area (TPSA) is 93.8 Å². The maximum Gasteiger partial charge on any atom is 0.249 e. The van der Waals surface area contributed by atoms with E-state index in [1.165, 1.54) is 12.4 Å². The quantitative estimate of drug-likeness (QED) is 0.721. The Bertz CT molecular complexity index is 303. The van der Waals surface area contributed by atoms with E-state index in [4.69, 9.17) is 5.73 Å². The zero-order chi connectivity index (χ0) is 11.1. The Labute approximate surface area is 88.3 Å². The lowest BCUT2D eigenvalue weighted by Gasteiger charge is -2.07. The summed E-state index contributed by atoms with van der Waals surface area (Å²) >= 11 is 0. The largest absolute Gasteiger partial charge is 0.330 e. The summed E-state index contributed by atoms with van der Waals surface area (Å²) in [6.45, 7) is 2.60. The van der Waals surface area contributed by atoms with E-state index in [9.17, 15) is 4.79 Å². The second-order valence-corrected chi connectivity index (χ2v) is 3.39. The summed E-state index contributed by atoms with van der Waals surface area (Å²) in [7, 11) is 0. The van der Waals surface area contributed by atoms with Gasteiger partial charge in [-0.3, -0.25) is 10.1 Å². The van der Waals surface area contributed by atoms with Gasteiger partial charge in [0.2, 0.25) is 11.9 Å². The molecule has 0 saturated carbocycles. The van der Waals surface area contributed by atoms with Gasteiger partial charge in [-0.15, -0.1) is 5.10 Å². The van der Waals surface area contributed by atoms with E-state index in [0.717, 1.165) is 6.42 Å². The lowest BCUT2D eigenvalue weighted by atomic mass is 10.1. The number of carbonyl (C=O) groups excluding carboxylic acids is 1. The fourth-order valence-electron chi connectivity index (χ4n) is 0.987. The number of anilines is 1. The molecule has 3 N–H and O–H groups in total. The number of nitrogens with one attached hydrogen (secondary N) is 1. The van der Waals surface area contributed by atoms with E-state index >= 15 is 0 Å². The molecule has 1 rings (SSSR count). The van der Waals surface area contributed by atoms with Crippen molar-refractivity contribution in [2.75, 3.05) is 11.9 Å². The number of hydrogen-bond acceptors (Lipinski definition) is 5. The number of nitrogens with two attached hydrogens (primary N) is 1. The molecule has 0 radical (unpaired) electrons. The molecule has 0 aromatic carbocycles. The highest BCUT2D eigenvalue weighted by atomic mass is 16.1. The van der Waals surface area contributed by atoms with Crippen LogP contribution in [0.3, 0.4) is 0 Å². The highest BCUT2D eigenvalue weighted by Crippen LogP contribution is 2.04. The zero-order valence-corrected chi connectivity index (χ0v) is 8.68. The molecule has 0 bridgehead atoms. The van der Waals surface area contributed by atoms with Crippen LogP contribution < -0.4 is 11.1 Å². The molecule has 0 aliphatic heterocycles. The predicted molar refractivity (Wildman–Crippen MR) is 55.9 cm³/mol. The molecule has 0 spiro atoms. The second kappa shape index (κ2) is 6.02. The summed E-state index contributed by atoms with van der Waals surface area (Å²) < 4.78 is 0. The molecular formula is C9H15N5O. The fraction of sp³-hybridized carbons (Fsp3) is 0.556. The van der Waals surface area contributed by atoms with Crippen LogP contribution in [0.5, 0.6) is 0 Å². The molecule has 15 heavy (non-hydrogen) atoms. The highest BCUT2D eigenvalue weighted by Gasteiger charge is 2.06. The van der Waals surface area contributed by atoms with Crippen LogP contribution >= 0.6 is 0 Å². The SMILES string of the molecule is CC(CN)CCC(=O)Nc1nccnn1. The third-order valence-electron chi connectivity index (χ3n) is 2.00. The first-order chi connectivity index (χ1) is 7.22. The molecule has 0 aliphatic carbocycles. The first-order valence-electron chi connectivity index (χ1n) is 4.86. The zero-order valence-electron chi connectivity index (χ0n) is 8.68. The number of amides is 1. The van der Waals surface area contributed by atoms with Gasteiger partial charge in [0.25, 0.3) is 0 Å². The smallest absolute Gasteiger partial charge is 0.249 e. The molecular weight excluding hydrogens is 194 g/mol. The Morgan fingerprint density at radius 2 is 2.40 bits per heavy atom. The molecule has 82 valence electrons. The maximum absolute atomic E-state index is 11.4. The summed E-state index contributed by atoms with van der Waals surface area (Å²) in [6, 6.07) is 0. The minimum Gasteiger partial charge on any atom is -0.330 e. The van der Waals surface area contributed by atoms with Crippen molar-refractivity contribution in [2.45, 2.75) is 19.8 Å². The minimum absolute atomic E-state index is 0.108. The van der Waals surface area contributed by atoms with E-state index in [0.29, 0.717) is 18.9 Å². The first-order valence-corrected chi connectivity index (χ1v) is 4.86. The monoisotopic (exact) mass is 209 g/mol. The summed E-state index contributed by atoms with van der Waals surface area (Å²) in [6.07, 6.45) is 4.12. The van der Waals surface area contributed by atoms with Gasteiger partial charge in [0.05, 0.1) is 12.4 Å². The second-order valence-electron chi connectivity index (χ2n) is 3.39. The number of aromatic nitrogens is 3. The lowest BCUT2D eigenvalue weighted by Crippen LogP contribution is -2.17. The average molecular weight is 209 g/mol. The van der Waals surface area contributed by atoms with Gasteiger partial charge < -0.3 is 5.73 Å². The first kappa shape index (κ1) is 11.5. The van der Waals surface area contributed by atoms with E-state index in [1.54, 1.807) is 0 Å². The normalized spacial score (nSPS) is 12.1. The fourth-order valence-corrected chi connectivity index (χ4v) is 0.987. The van der Waals surface area contributed by atoms with Crippen molar-refractivity contribution in [3.8, 4) is 0 Å². The van der Waals surface area contributed by atoms with E-state index < -0.39 is 0 Å². The van der Waals surface area contributed by atoms with Crippen LogP contribution in [-0.2, 0) is 4.79 Å². The van der Waals surface area contributed by atoms with Crippen molar-refractivity contribution < 1.29 is 4.79 Å². The summed E-state index contributed by atoms with van der Waals surface area (Å²) in [5, 5.41) is 9.81. The Morgan fingerprint density at radius 3 is 3.00 bits per heavy atom. The van der Waals surface area contributed by atoms with Crippen molar-refractivity contribution in [1.29, 1.82) is 0 Å². The molecule has 1 unspecified atom stereocenters. The van der Waals surface area contributed by atoms with Crippen molar-refractivity contribution >= 4 is 11.9 Å². The van der Waals surface area contributed by atoms with E-state index in [-0.39, 0.29) is 11.9 Å². The average Bonchev–Trinajstić information content (AvgIpc) is 2.27. The highest BCUT2D eigenvalue weighted by molar-refractivity contribution is 5.88. The Kier molecular flexibility index (Phi) is 4.62. The Balaban J connectivity index is 2.31. The summed E-state index contributed by atoms with van der Waals surface area (Å²) in [5.74, 6) is 0.483. The Morgan fingerprint density at radius 1 is 1.60 bits per heavy atom. The number of carbonyl (C=O) groups is 1. The van der Waals surface area contributed by atoms with Crippen LogP contribution in [0.25, 0.3) is 0 Å². The van der Waals surface area contributed by atoms with Gasteiger partial charge in [0, 0.05) is 6.42 Å². The maximum atomic E-state index is 11.4. The van der Waals surface area contributed by atoms with Crippen LogP contribution in [-0.4, -0.2) is 27.6 Å². The van der Waals surface area contributed by atoms with Crippen LogP contribution in [0.1, 0.15) is 19.8 Å². The minimum atomic E-state index is -0.108. The standard InChI is InChI=1S/C9H15N5O/c1-7(6-10)2-3-8(15)13-9-11-4-5-12-14-9/h4-5,7H,2-3,6,10H2,1H3,(H,11,13,14,15). The van der Waals surface area contributed by atoms with Gasteiger partial charge in [0.1, 0.15) is 0 Å². The van der Waals surface area contributed by atoms with Gasteiger partial charge >= 0.3 is 0 Å². The number of nitrogens with zero attached hydrogens (tertiary/aromatic N) is 3. The molecule has 1 aromatic heterocycles. The van der Waals surface area contributed by atoms with Crippen LogP contribution in [0, 0.1) is 5.92 Å². The molecule has 6 heteroatoms. The third kappa shape index (κ3) is 4.46. The molecule has 1 aromatic rings. The van der Waals surface area contributed by atoms with Crippen LogP contribution in [0.4, 0.5) is 5.95 Å². The van der Waals surface area contributed by atoms with Crippen LogP contribution in [0.15, 0.2) is 12.4 Å². The molecule has 1 atom stereocenters. The summed E-state index contributed by atoms with van der Waals surface area (Å²) in [4.78, 5) is 15.2. The van der Waals surface area contributed by atoms with Gasteiger partial charge in [-0.25, -0.2) is 4.98 Å². The predicted octanol–water partition coefficient (Wildman–Crippen LogP) is 0.185. The Hall–Kier alpha value is -1.56. The molecule has 1 heterocycles. The molecule has 0 fully saturated rings. The molecule has 6 nitrogen and oxygen atoms in total. The van der Waals surface area contributed by atoms with Crippen molar-refractivity contribution in [2.24, 2.45) is 11.7 Å². The van der Waals surface area contributed by atoms with Crippen molar-refractivity contribution in [1.82, 2.24) is 15.2 Å². The number of hydrogen-bond donors (Lipinski definition) is 2. The molecule has 1 amide bonds. The van der Waals surface area contributed by atoms with Gasteiger partial charge in [-0.2, -0.15) is 5.10 Å². The lowest BCUT2D eigenvalue weighted by molar-refractivity contribution is -0.116.